The number of nitrogens with zero attached hydrogens (tertiary/aromatic N) is 2. The SMILES string of the molecule is CSC(Nc1ccc2ncsc2c1)=C(C#N)S(C)(=O)=O. The first-order valence-electron chi connectivity index (χ1n) is 5.44. The number of thiazole rings is 1. The first-order valence-corrected chi connectivity index (χ1v) is 9.44. The number of rotatable bonds is 4. The standard InChI is InChI=1S/C12H11N3O2S3/c1-18-12(11(6-13)20(2,16)17)15-8-3-4-9-10(5-8)19-7-14-9/h3-5,7,15H,1-2H3. The average Bonchev–Trinajstić information content (AvgIpc) is 2.84. The second kappa shape index (κ2) is 5.83. The quantitative estimate of drug-likeness (QED) is 0.870. The third-order valence-corrected chi connectivity index (χ3v) is 5.14. The lowest BCUT2D eigenvalue weighted by molar-refractivity contribution is 0.608. The molecule has 5 nitrogen and oxygen atoms in total. The van der Waals surface area contributed by atoms with Gasteiger partial charge in [0.1, 0.15) is 11.1 Å². The Bertz CT molecular complexity index is 816. The lowest BCUT2D eigenvalue weighted by Gasteiger charge is -2.10. The van der Waals surface area contributed by atoms with Crippen molar-refractivity contribution >= 4 is 48.8 Å². The van der Waals surface area contributed by atoms with E-state index in [1.807, 2.05) is 12.1 Å². The molecular weight excluding hydrogens is 314 g/mol. The van der Waals surface area contributed by atoms with Crippen molar-refractivity contribution in [2.75, 3.05) is 17.8 Å². The molecule has 2 rings (SSSR count). The van der Waals surface area contributed by atoms with Gasteiger partial charge in [0.2, 0.25) is 0 Å². The fourth-order valence-electron chi connectivity index (χ4n) is 1.57. The second-order valence-electron chi connectivity index (χ2n) is 3.91. The molecule has 1 aromatic carbocycles. The van der Waals surface area contributed by atoms with Gasteiger partial charge < -0.3 is 5.32 Å². The number of allylic oxidation sites excluding steroid dienone is 1. The number of nitriles is 1. The lowest BCUT2D eigenvalue weighted by Crippen LogP contribution is -2.07. The monoisotopic (exact) mass is 325 g/mol. The Labute approximate surface area is 125 Å². The van der Waals surface area contributed by atoms with E-state index in [0.717, 1.165) is 22.2 Å². The summed E-state index contributed by atoms with van der Waals surface area (Å²) in [5.41, 5.74) is 3.36. The van der Waals surface area contributed by atoms with E-state index in [9.17, 15) is 8.42 Å². The number of benzene rings is 1. The van der Waals surface area contributed by atoms with E-state index >= 15 is 0 Å². The highest BCUT2D eigenvalue weighted by atomic mass is 32.2. The number of nitrogens with one attached hydrogen (secondary N) is 1. The normalized spacial score (nSPS) is 12.8. The maximum atomic E-state index is 11.6. The molecule has 0 saturated heterocycles. The van der Waals surface area contributed by atoms with Gasteiger partial charge in [0.25, 0.3) is 0 Å². The average molecular weight is 325 g/mol. The van der Waals surface area contributed by atoms with Crippen LogP contribution >= 0.6 is 23.1 Å². The van der Waals surface area contributed by atoms with Gasteiger partial charge in [-0.2, -0.15) is 5.26 Å². The fourth-order valence-corrected chi connectivity index (χ4v) is 3.99. The molecule has 2 aromatic rings. The van der Waals surface area contributed by atoms with E-state index < -0.39 is 9.84 Å². The van der Waals surface area contributed by atoms with Crippen molar-refractivity contribution in [3.63, 3.8) is 0 Å². The summed E-state index contributed by atoms with van der Waals surface area (Å²) >= 11 is 2.69. The maximum absolute atomic E-state index is 11.6. The minimum absolute atomic E-state index is 0.255. The molecule has 1 N–H and O–H groups in total. The Morgan fingerprint density at radius 1 is 1.50 bits per heavy atom. The highest BCUT2D eigenvalue weighted by molar-refractivity contribution is 8.04. The van der Waals surface area contributed by atoms with E-state index in [-0.39, 0.29) is 4.91 Å². The smallest absolute Gasteiger partial charge is 0.188 e. The summed E-state index contributed by atoms with van der Waals surface area (Å²) < 4.78 is 24.2. The predicted molar refractivity (Wildman–Crippen MR) is 84.2 cm³/mol. The minimum Gasteiger partial charge on any atom is -0.349 e. The first-order chi connectivity index (χ1) is 9.45. The minimum atomic E-state index is -3.55. The molecule has 0 saturated carbocycles. The van der Waals surface area contributed by atoms with Crippen molar-refractivity contribution in [2.24, 2.45) is 0 Å². The van der Waals surface area contributed by atoms with Gasteiger partial charge in [-0.3, -0.25) is 0 Å². The second-order valence-corrected chi connectivity index (χ2v) is 7.56. The Morgan fingerprint density at radius 2 is 2.25 bits per heavy atom. The fraction of sp³-hybridized carbons (Fsp3) is 0.167. The maximum Gasteiger partial charge on any atom is 0.188 e. The van der Waals surface area contributed by atoms with Crippen LogP contribution in [0, 0.1) is 11.3 Å². The van der Waals surface area contributed by atoms with Crippen LogP contribution in [0.4, 0.5) is 5.69 Å². The van der Waals surface area contributed by atoms with Crippen LogP contribution in [-0.2, 0) is 9.84 Å². The van der Waals surface area contributed by atoms with Gasteiger partial charge in [-0.05, 0) is 24.5 Å². The van der Waals surface area contributed by atoms with Crippen molar-refractivity contribution in [1.29, 1.82) is 5.26 Å². The topological polar surface area (TPSA) is 82.8 Å². The molecule has 1 aromatic heterocycles. The van der Waals surface area contributed by atoms with Crippen LogP contribution in [0.15, 0.2) is 33.6 Å². The van der Waals surface area contributed by atoms with Gasteiger partial charge in [-0.15, -0.1) is 23.1 Å². The number of aromatic nitrogens is 1. The van der Waals surface area contributed by atoms with Gasteiger partial charge in [0, 0.05) is 11.9 Å². The Balaban J connectivity index is 2.44. The summed E-state index contributed by atoms with van der Waals surface area (Å²) in [4.78, 5) is 3.92. The summed E-state index contributed by atoms with van der Waals surface area (Å²) in [6.45, 7) is 0. The zero-order valence-electron chi connectivity index (χ0n) is 10.7. The molecule has 0 aliphatic carbocycles. The number of sulfone groups is 1. The molecule has 1 heterocycles. The van der Waals surface area contributed by atoms with Gasteiger partial charge in [-0.1, -0.05) is 0 Å². The molecule has 8 heteroatoms. The van der Waals surface area contributed by atoms with E-state index in [1.165, 1.54) is 23.1 Å². The van der Waals surface area contributed by atoms with Crippen LogP contribution in [0.5, 0.6) is 0 Å². The van der Waals surface area contributed by atoms with Crippen LogP contribution in [0.2, 0.25) is 0 Å². The van der Waals surface area contributed by atoms with E-state index in [1.54, 1.807) is 23.9 Å². The third kappa shape index (κ3) is 3.12. The van der Waals surface area contributed by atoms with E-state index in [4.69, 9.17) is 5.26 Å². The highest BCUT2D eigenvalue weighted by Gasteiger charge is 2.17. The molecule has 0 aliphatic rings. The molecule has 0 radical (unpaired) electrons. The van der Waals surface area contributed by atoms with Crippen molar-refractivity contribution < 1.29 is 8.42 Å². The molecule has 104 valence electrons. The largest absolute Gasteiger partial charge is 0.349 e. The Morgan fingerprint density at radius 3 is 2.85 bits per heavy atom. The number of hydrogen-bond acceptors (Lipinski definition) is 7. The molecule has 0 spiro atoms. The molecule has 20 heavy (non-hydrogen) atoms. The van der Waals surface area contributed by atoms with Crippen molar-refractivity contribution in [3.05, 3.63) is 33.6 Å². The zero-order chi connectivity index (χ0) is 14.8. The third-order valence-electron chi connectivity index (χ3n) is 2.47. The van der Waals surface area contributed by atoms with Crippen LogP contribution < -0.4 is 5.32 Å². The lowest BCUT2D eigenvalue weighted by atomic mass is 10.3. The zero-order valence-corrected chi connectivity index (χ0v) is 13.2. The van der Waals surface area contributed by atoms with Crippen LogP contribution in [0.3, 0.4) is 0 Å². The number of anilines is 1. The number of thioether (sulfide) groups is 1. The van der Waals surface area contributed by atoms with Crippen LogP contribution in [0.25, 0.3) is 10.2 Å². The molecule has 0 amide bonds. The van der Waals surface area contributed by atoms with Gasteiger partial charge in [0.15, 0.2) is 14.7 Å². The summed E-state index contributed by atoms with van der Waals surface area (Å²) in [7, 11) is -3.55. The molecule has 0 aliphatic heterocycles. The van der Waals surface area contributed by atoms with Crippen molar-refractivity contribution in [2.45, 2.75) is 0 Å². The molecule has 0 atom stereocenters. The molecule has 0 unspecified atom stereocenters. The van der Waals surface area contributed by atoms with Crippen molar-refractivity contribution in [3.8, 4) is 6.07 Å². The predicted octanol–water partition coefficient (Wildman–Crippen LogP) is 2.81. The van der Waals surface area contributed by atoms with Crippen LogP contribution in [-0.4, -0.2) is 25.9 Å². The molecule has 0 fully saturated rings. The van der Waals surface area contributed by atoms with Gasteiger partial charge in [0.05, 0.1) is 15.7 Å². The number of fused-ring (bicyclic) bond motifs is 1. The molecular formula is C12H11N3O2S3. The molecule has 0 bridgehead atoms. The van der Waals surface area contributed by atoms with E-state index in [0.29, 0.717) is 5.03 Å². The van der Waals surface area contributed by atoms with Gasteiger partial charge >= 0.3 is 0 Å². The van der Waals surface area contributed by atoms with E-state index in [2.05, 4.69) is 10.3 Å². The summed E-state index contributed by atoms with van der Waals surface area (Å²) in [6, 6.07) is 7.27. The Kier molecular flexibility index (Phi) is 4.32. The summed E-state index contributed by atoms with van der Waals surface area (Å²) in [5.74, 6) is 0. The number of hydrogen-bond donors (Lipinski definition) is 1. The Hall–Kier alpha value is -1.56. The van der Waals surface area contributed by atoms with Crippen molar-refractivity contribution in [1.82, 2.24) is 4.98 Å². The first kappa shape index (κ1) is 14.8. The summed E-state index contributed by atoms with van der Waals surface area (Å²) in [6.07, 6.45) is 2.74. The van der Waals surface area contributed by atoms with Crippen LogP contribution in [0.1, 0.15) is 0 Å². The van der Waals surface area contributed by atoms with Gasteiger partial charge in [-0.25, -0.2) is 13.4 Å². The summed E-state index contributed by atoms with van der Waals surface area (Å²) in [5, 5.41) is 12.3. The highest BCUT2D eigenvalue weighted by Crippen LogP contribution is 2.26.